The second-order valence-corrected chi connectivity index (χ2v) is 9.78. The number of hydrogen-bond acceptors (Lipinski definition) is 8. The molecule has 192 valence electrons. The molecule has 0 aliphatic carbocycles. The van der Waals surface area contributed by atoms with Crippen molar-refractivity contribution < 1.29 is 23.7 Å². The summed E-state index contributed by atoms with van der Waals surface area (Å²) in [5, 5.41) is 24.8. The molecular weight excluding hydrogens is 492 g/mol. The van der Waals surface area contributed by atoms with Crippen LogP contribution in [0.2, 0.25) is 0 Å². The fourth-order valence-electron chi connectivity index (χ4n) is 4.20. The molecular formula is C25H28ClF2N5O3. The minimum absolute atomic E-state index is 0.0392. The molecule has 0 radical (unpaired) electrons. The summed E-state index contributed by atoms with van der Waals surface area (Å²) in [6.45, 7) is 6.73. The van der Waals surface area contributed by atoms with E-state index in [-0.39, 0.29) is 35.2 Å². The topological polar surface area (TPSA) is 104 Å². The summed E-state index contributed by atoms with van der Waals surface area (Å²) in [5.41, 5.74) is 1.11. The maximum Gasteiger partial charge on any atom is 0.167 e. The van der Waals surface area contributed by atoms with Gasteiger partial charge in [-0.05, 0) is 52.0 Å². The lowest BCUT2D eigenvalue weighted by Crippen LogP contribution is -2.48. The Labute approximate surface area is 213 Å². The zero-order valence-electron chi connectivity index (χ0n) is 20.3. The van der Waals surface area contributed by atoms with Gasteiger partial charge in [-0.15, -0.1) is 0 Å². The molecule has 11 heteroatoms. The van der Waals surface area contributed by atoms with E-state index in [2.05, 4.69) is 20.3 Å². The van der Waals surface area contributed by atoms with Gasteiger partial charge in [-0.25, -0.2) is 18.7 Å². The molecule has 4 rings (SSSR count). The SMILES string of the molecule is CC1=CN[C@@H](c2ccnc(C(C)(C)O)n2)C[C@H]1N1C(C)=CC(OCc2ncc(F)cc2F)=C(Cl)C1O. The van der Waals surface area contributed by atoms with Crippen molar-refractivity contribution >= 4 is 11.6 Å². The Morgan fingerprint density at radius 2 is 2.03 bits per heavy atom. The van der Waals surface area contributed by atoms with Crippen molar-refractivity contribution in [1.82, 2.24) is 25.2 Å². The Hall–Kier alpha value is -3.08. The van der Waals surface area contributed by atoms with E-state index in [4.69, 9.17) is 16.3 Å². The van der Waals surface area contributed by atoms with Gasteiger partial charge in [0.15, 0.2) is 17.9 Å². The predicted octanol–water partition coefficient (Wildman–Crippen LogP) is 3.89. The molecule has 3 atom stereocenters. The third-order valence-corrected chi connectivity index (χ3v) is 6.52. The van der Waals surface area contributed by atoms with Crippen LogP contribution in [0.25, 0.3) is 0 Å². The predicted molar refractivity (Wildman–Crippen MR) is 129 cm³/mol. The molecule has 8 nitrogen and oxygen atoms in total. The van der Waals surface area contributed by atoms with E-state index in [1.165, 1.54) is 0 Å². The quantitative estimate of drug-likeness (QED) is 0.528. The van der Waals surface area contributed by atoms with Crippen LogP contribution in [0.5, 0.6) is 0 Å². The first-order valence-corrected chi connectivity index (χ1v) is 11.8. The van der Waals surface area contributed by atoms with Crippen LogP contribution >= 0.6 is 11.6 Å². The fourth-order valence-corrected chi connectivity index (χ4v) is 4.42. The highest BCUT2D eigenvalue weighted by atomic mass is 35.5. The normalized spacial score (nSPS) is 22.7. The van der Waals surface area contributed by atoms with E-state index in [1.54, 1.807) is 37.1 Å². The highest BCUT2D eigenvalue weighted by molar-refractivity contribution is 6.30. The van der Waals surface area contributed by atoms with Crippen molar-refractivity contribution in [2.75, 3.05) is 0 Å². The van der Waals surface area contributed by atoms with Crippen molar-refractivity contribution in [1.29, 1.82) is 0 Å². The number of aromatic nitrogens is 3. The molecule has 2 aromatic rings. The zero-order chi connectivity index (χ0) is 26.2. The minimum Gasteiger partial charge on any atom is -0.486 e. The zero-order valence-corrected chi connectivity index (χ0v) is 21.1. The lowest BCUT2D eigenvalue weighted by molar-refractivity contribution is 0.0269. The Morgan fingerprint density at radius 3 is 2.72 bits per heavy atom. The van der Waals surface area contributed by atoms with Gasteiger partial charge >= 0.3 is 0 Å². The molecule has 0 fully saturated rings. The van der Waals surface area contributed by atoms with E-state index < -0.39 is 23.5 Å². The number of ether oxygens (including phenoxy) is 1. The van der Waals surface area contributed by atoms with Gasteiger partial charge in [0.2, 0.25) is 0 Å². The summed E-state index contributed by atoms with van der Waals surface area (Å²) in [4.78, 5) is 14.2. The van der Waals surface area contributed by atoms with Gasteiger partial charge in [-0.2, -0.15) is 0 Å². The van der Waals surface area contributed by atoms with Crippen molar-refractivity contribution in [2.45, 2.75) is 64.6 Å². The number of nitrogens with one attached hydrogen (secondary N) is 1. The van der Waals surface area contributed by atoms with Crippen molar-refractivity contribution in [3.63, 3.8) is 0 Å². The Bertz CT molecular complexity index is 1240. The minimum atomic E-state index is -1.21. The number of hydrogen-bond donors (Lipinski definition) is 3. The third-order valence-electron chi connectivity index (χ3n) is 6.14. The molecule has 1 unspecified atom stereocenters. The van der Waals surface area contributed by atoms with Gasteiger partial charge < -0.3 is 25.2 Å². The van der Waals surface area contributed by atoms with E-state index in [9.17, 15) is 19.0 Å². The largest absolute Gasteiger partial charge is 0.486 e. The summed E-state index contributed by atoms with van der Waals surface area (Å²) in [7, 11) is 0. The van der Waals surface area contributed by atoms with Gasteiger partial charge in [0.05, 0.1) is 24.0 Å². The van der Waals surface area contributed by atoms with Crippen molar-refractivity contribution in [3.8, 4) is 0 Å². The number of allylic oxidation sites excluding steroid dienone is 2. The van der Waals surface area contributed by atoms with Crippen LogP contribution in [-0.2, 0) is 16.9 Å². The Morgan fingerprint density at radius 1 is 1.28 bits per heavy atom. The van der Waals surface area contributed by atoms with Gasteiger partial charge in [0.25, 0.3) is 0 Å². The van der Waals surface area contributed by atoms with Crippen LogP contribution < -0.4 is 5.32 Å². The van der Waals surface area contributed by atoms with E-state index in [0.29, 0.717) is 23.6 Å². The smallest absolute Gasteiger partial charge is 0.167 e. The average molecular weight is 520 g/mol. The molecule has 2 aliphatic heterocycles. The molecule has 2 aromatic heterocycles. The number of nitrogens with zero attached hydrogens (tertiary/aromatic N) is 4. The molecule has 36 heavy (non-hydrogen) atoms. The average Bonchev–Trinajstić information content (AvgIpc) is 2.82. The molecule has 0 spiro atoms. The van der Waals surface area contributed by atoms with Crippen molar-refractivity contribution in [3.05, 3.63) is 87.7 Å². The standard InChI is InChI=1S/C25H28ClF2N5O3/c1-13-10-30-18(17-5-6-29-24(32-17)25(3,4)35)9-20(13)33-14(2)7-21(22(26)23(33)34)36-12-19-16(28)8-15(27)11-31-19/h5-8,10-11,18,20,23,30,34-35H,9,12H2,1-4H3/t18-,20-,23?/m1/s1. The maximum atomic E-state index is 13.9. The van der Waals surface area contributed by atoms with E-state index in [1.807, 2.05) is 20.0 Å². The lowest BCUT2D eigenvalue weighted by atomic mass is 9.92. The number of aliphatic hydroxyl groups is 2. The molecule has 0 aromatic carbocycles. The first kappa shape index (κ1) is 26.0. The maximum absolute atomic E-state index is 13.9. The monoisotopic (exact) mass is 519 g/mol. The lowest BCUT2D eigenvalue weighted by Gasteiger charge is -2.43. The summed E-state index contributed by atoms with van der Waals surface area (Å²) in [6.07, 6.45) is 5.40. The van der Waals surface area contributed by atoms with E-state index in [0.717, 1.165) is 17.8 Å². The molecule has 2 aliphatic rings. The fraction of sp³-hybridized carbons (Fsp3) is 0.400. The van der Waals surface area contributed by atoms with Crippen molar-refractivity contribution in [2.24, 2.45) is 0 Å². The summed E-state index contributed by atoms with van der Waals surface area (Å²) in [5.74, 6) is -1.11. The van der Waals surface area contributed by atoms with Gasteiger partial charge in [-0.3, -0.25) is 4.98 Å². The summed E-state index contributed by atoms with van der Waals surface area (Å²) < 4.78 is 32.7. The second kappa shape index (κ2) is 10.1. The van der Waals surface area contributed by atoms with Crippen LogP contribution in [0.15, 0.2) is 58.9 Å². The number of halogens is 3. The first-order valence-electron chi connectivity index (χ1n) is 11.4. The number of rotatable bonds is 6. The summed E-state index contributed by atoms with van der Waals surface area (Å²) >= 11 is 6.48. The van der Waals surface area contributed by atoms with Gasteiger partial charge in [0.1, 0.15) is 34.5 Å². The van der Waals surface area contributed by atoms with Gasteiger partial charge in [-0.1, -0.05) is 11.6 Å². The second-order valence-electron chi connectivity index (χ2n) is 9.37. The highest BCUT2D eigenvalue weighted by Crippen LogP contribution is 2.37. The molecule has 4 heterocycles. The molecule has 0 saturated carbocycles. The first-order chi connectivity index (χ1) is 17.0. The number of aliphatic hydroxyl groups excluding tert-OH is 1. The van der Waals surface area contributed by atoms with Crippen LogP contribution in [0, 0.1) is 11.6 Å². The van der Waals surface area contributed by atoms with Crippen LogP contribution in [0.4, 0.5) is 8.78 Å². The number of pyridine rings is 1. The van der Waals surface area contributed by atoms with Crippen LogP contribution in [0.3, 0.4) is 0 Å². The molecule has 0 bridgehead atoms. The third kappa shape index (κ3) is 5.35. The molecule has 0 amide bonds. The highest BCUT2D eigenvalue weighted by Gasteiger charge is 2.37. The van der Waals surface area contributed by atoms with Crippen LogP contribution in [-0.4, -0.2) is 42.3 Å². The Kier molecular flexibility index (Phi) is 7.31. The Balaban J connectivity index is 1.53. The van der Waals surface area contributed by atoms with Gasteiger partial charge in [0, 0.05) is 24.0 Å². The summed E-state index contributed by atoms with van der Waals surface area (Å²) in [6, 6.07) is 2.09. The molecule has 3 N–H and O–H groups in total. The van der Waals surface area contributed by atoms with E-state index >= 15 is 0 Å². The molecule has 0 saturated heterocycles. The van der Waals surface area contributed by atoms with Crippen LogP contribution in [0.1, 0.15) is 57.4 Å².